The number of aliphatic hydroxyl groups is 1. The smallest absolute Gasteiger partial charge is 0.141 e. The Kier molecular flexibility index (Phi) is 3.39. The van der Waals surface area contributed by atoms with Crippen LogP contribution in [0.15, 0.2) is 0 Å². The molecule has 1 N–H and O–H groups in total. The van der Waals surface area contributed by atoms with Crippen molar-refractivity contribution < 1.29 is 14.7 Å². The van der Waals surface area contributed by atoms with Crippen molar-refractivity contribution in [2.45, 2.75) is 70.3 Å². The number of carbonyl (C=O) groups is 2. The van der Waals surface area contributed by atoms with Crippen LogP contribution in [0, 0.1) is 5.41 Å². The maximum Gasteiger partial charge on any atom is 0.141 e. The minimum absolute atomic E-state index is 0.120. The van der Waals surface area contributed by atoms with Crippen LogP contribution in [0.2, 0.25) is 0 Å². The molecule has 3 heteroatoms. The van der Waals surface area contributed by atoms with Gasteiger partial charge >= 0.3 is 0 Å². The lowest BCUT2D eigenvalue weighted by molar-refractivity contribution is -0.173. The van der Waals surface area contributed by atoms with E-state index in [2.05, 4.69) is 6.92 Å². The quantitative estimate of drug-likeness (QED) is 0.821. The fourth-order valence-electron chi connectivity index (χ4n) is 3.65. The Morgan fingerprint density at radius 1 is 1.24 bits per heavy atom. The van der Waals surface area contributed by atoms with Gasteiger partial charge in [-0.25, -0.2) is 0 Å². The summed E-state index contributed by atoms with van der Waals surface area (Å²) in [6, 6.07) is 0. The van der Waals surface area contributed by atoms with Gasteiger partial charge in [-0.3, -0.25) is 9.59 Å². The van der Waals surface area contributed by atoms with Crippen LogP contribution in [0.25, 0.3) is 0 Å². The van der Waals surface area contributed by atoms with Gasteiger partial charge in [-0.05, 0) is 25.7 Å². The van der Waals surface area contributed by atoms with E-state index in [1.165, 1.54) is 0 Å². The first-order chi connectivity index (χ1) is 8.04. The van der Waals surface area contributed by atoms with Crippen LogP contribution < -0.4 is 0 Å². The van der Waals surface area contributed by atoms with E-state index in [1.54, 1.807) is 0 Å². The first-order valence-electron chi connectivity index (χ1n) is 6.81. The Balaban J connectivity index is 2.31. The van der Waals surface area contributed by atoms with E-state index < -0.39 is 11.0 Å². The molecule has 2 saturated carbocycles. The normalized spacial score (nSPS) is 38.0. The van der Waals surface area contributed by atoms with Gasteiger partial charge in [0, 0.05) is 19.3 Å². The summed E-state index contributed by atoms with van der Waals surface area (Å²) in [5, 5.41) is 10.8. The minimum atomic E-state index is -1.03. The topological polar surface area (TPSA) is 54.4 Å². The molecule has 0 bridgehead atoms. The van der Waals surface area contributed by atoms with Crippen molar-refractivity contribution in [1.82, 2.24) is 0 Å². The Labute approximate surface area is 103 Å². The number of unbranched alkanes of at least 4 members (excludes halogenated alkanes) is 1. The molecule has 3 nitrogen and oxygen atoms in total. The molecule has 0 aromatic heterocycles. The molecule has 2 aliphatic rings. The van der Waals surface area contributed by atoms with Crippen LogP contribution in [-0.2, 0) is 9.59 Å². The third-order valence-electron chi connectivity index (χ3n) is 4.70. The van der Waals surface area contributed by atoms with Crippen LogP contribution in [0.3, 0.4) is 0 Å². The van der Waals surface area contributed by atoms with Crippen molar-refractivity contribution in [2.24, 2.45) is 5.41 Å². The maximum atomic E-state index is 12.3. The van der Waals surface area contributed by atoms with E-state index >= 15 is 0 Å². The maximum absolute atomic E-state index is 12.3. The van der Waals surface area contributed by atoms with Gasteiger partial charge in [-0.2, -0.15) is 0 Å². The van der Waals surface area contributed by atoms with Gasteiger partial charge in [-0.15, -0.1) is 0 Å². The van der Waals surface area contributed by atoms with E-state index in [4.69, 9.17) is 0 Å². The van der Waals surface area contributed by atoms with Gasteiger partial charge in [0.1, 0.15) is 11.6 Å². The fourth-order valence-corrected chi connectivity index (χ4v) is 3.65. The molecule has 0 unspecified atom stereocenters. The van der Waals surface area contributed by atoms with Crippen LogP contribution in [-0.4, -0.2) is 22.3 Å². The van der Waals surface area contributed by atoms with Gasteiger partial charge < -0.3 is 5.11 Å². The Bertz CT molecular complexity index is 336. The molecule has 0 aromatic rings. The molecule has 0 amide bonds. The first-order valence-corrected chi connectivity index (χ1v) is 6.81. The predicted octanol–water partition coefficient (Wildman–Crippen LogP) is 2.40. The lowest BCUT2D eigenvalue weighted by atomic mass is 9.54. The summed E-state index contributed by atoms with van der Waals surface area (Å²) >= 11 is 0. The molecule has 2 fully saturated rings. The summed E-state index contributed by atoms with van der Waals surface area (Å²) in [4.78, 5) is 23.9. The van der Waals surface area contributed by atoms with E-state index in [-0.39, 0.29) is 18.0 Å². The van der Waals surface area contributed by atoms with Crippen molar-refractivity contribution in [3.63, 3.8) is 0 Å². The van der Waals surface area contributed by atoms with E-state index in [0.29, 0.717) is 25.7 Å². The molecule has 0 aromatic carbocycles. The summed E-state index contributed by atoms with van der Waals surface area (Å²) in [6.07, 6.45) is 5.92. The van der Waals surface area contributed by atoms with Crippen LogP contribution >= 0.6 is 0 Å². The standard InChI is InChI=1S/C14H22O3/c1-2-3-7-13-9-6-11(15)10-14(13,17)8-4-5-12(13)16/h17H,2-10H2,1H3/t13-,14+/m1/s1. The molecule has 2 rings (SSSR count). The zero-order valence-electron chi connectivity index (χ0n) is 10.6. The Morgan fingerprint density at radius 3 is 2.71 bits per heavy atom. The predicted molar refractivity (Wildman–Crippen MR) is 64.6 cm³/mol. The van der Waals surface area contributed by atoms with Crippen molar-refractivity contribution in [1.29, 1.82) is 0 Å². The van der Waals surface area contributed by atoms with Crippen molar-refractivity contribution >= 4 is 11.6 Å². The van der Waals surface area contributed by atoms with Crippen LogP contribution in [0.5, 0.6) is 0 Å². The molecular weight excluding hydrogens is 216 g/mol. The number of fused-ring (bicyclic) bond motifs is 1. The molecule has 96 valence electrons. The minimum Gasteiger partial charge on any atom is -0.388 e. The third kappa shape index (κ3) is 1.95. The van der Waals surface area contributed by atoms with E-state index in [9.17, 15) is 14.7 Å². The lowest BCUT2D eigenvalue weighted by Crippen LogP contribution is -2.59. The summed E-state index contributed by atoms with van der Waals surface area (Å²) < 4.78 is 0. The molecule has 17 heavy (non-hydrogen) atoms. The highest BCUT2D eigenvalue weighted by molar-refractivity contribution is 5.91. The number of hydrogen-bond donors (Lipinski definition) is 1. The SMILES string of the molecule is CCCC[C@]12CCC(=O)C[C@@]1(O)CCCC2=O. The highest BCUT2D eigenvalue weighted by Gasteiger charge is 2.58. The van der Waals surface area contributed by atoms with Gasteiger partial charge in [0.15, 0.2) is 0 Å². The summed E-state index contributed by atoms with van der Waals surface area (Å²) in [5.74, 6) is 0.321. The summed E-state index contributed by atoms with van der Waals surface area (Å²) in [5.41, 5.74) is -1.64. The van der Waals surface area contributed by atoms with Crippen molar-refractivity contribution in [3.8, 4) is 0 Å². The number of hydrogen-bond acceptors (Lipinski definition) is 3. The Morgan fingerprint density at radius 2 is 2.00 bits per heavy atom. The molecule has 0 spiro atoms. The van der Waals surface area contributed by atoms with Gasteiger partial charge in [0.25, 0.3) is 0 Å². The van der Waals surface area contributed by atoms with Crippen molar-refractivity contribution in [2.75, 3.05) is 0 Å². The van der Waals surface area contributed by atoms with Gasteiger partial charge in [-0.1, -0.05) is 19.8 Å². The number of ketones is 2. The fraction of sp³-hybridized carbons (Fsp3) is 0.857. The molecule has 0 heterocycles. The second-order valence-corrected chi connectivity index (χ2v) is 5.71. The highest BCUT2D eigenvalue weighted by Crippen LogP contribution is 2.53. The largest absolute Gasteiger partial charge is 0.388 e. The number of Topliss-reactive ketones (excluding diaryl/α,β-unsaturated/α-hetero) is 2. The number of rotatable bonds is 3. The van der Waals surface area contributed by atoms with Gasteiger partial charge in [0.2, 0.25) is 0 Å². The molecule has 0 radical (unpaired) electrons. The summed E-state index contributed by atoms with van der Waals surface area (Å²) in [7, 11) is 0. The monoisotopic (exact) mass is 238 g/mol. The first kappa shape index (κ1) is 12.7. The lowest BCUT2D eigenvalue weighted by Gasteiger charge is -2.52. The van der Waals surface area contributed by atoms with Gasteiger partial charge in [0.05, 0.1) is 11.0 Å². The van der Waals surface area contributed by atoms with Crippen molar-refractivity contribution in [3.05, 3.63) is 0 Å². The molecule has 0 aliphatic heterocycles. The molecule has 2 atom stereocenters. The second-order valence-electron chi connectivity index (χ2n) is 5.71. The second kappa shape index (κ2) is 4.52. The highest BCUT2D eigenvalue weighted by atomic mass is 16.3. The zero-order valence-corrected chi connectivity index (χ0v) is 10.6. The average Bonchev–Trinajstić information content (AvgIpc) is 2.27. The van der Waals surface area contributed by atoms with Crippen LogP contribution in [0.4, 0.5) is 0 Å². The van der Waals surface area contributed by atoms with E-state index in [0.717, 1.165) is 25.7 Å². The molecular formula is C14H22O3. The van der Waals surface area contributed by atoms with Crippen LogP contribution in [0.1, 0.15) is 64.7 Å². The average molecular weight is 238 g/mol. The zero-order chi connectivity index (χ0) is 12.5. The Hall–Kier alpha value is -0.700. The molecule has 0 saturated heterocycles. The van der Waals surface area contributed by atoms with E-state index in [1.807, 2.05) is 0 Å². The summed E-state index contributed by atoms with van der Waals surface area (Å²) in [6.45, 7) is 2.09. The number of carbonyl (C=O) groups excluding carboxylic acids is 2. The third-order valence-corrected chi connectivity index (χ3v) is 4.70. The molecule has 2 aliphatic carbocycles.